The first kappa shape index (κ1) is 24.7. The molecule has 0 aromatic heterocycles. The van der Waals surface area contributed by atoms with E-state index >= 15 is 0 Å². The van der Waals surface area contributed by atoms with Gasteiger partial charge in [0.05, 0.1) is 7.11 Å². The van der Waals surface area contributed by atoms with E-state index in [1.807, 2.05) is 37.3 Å². The molecule has 170 valence electrons. The molecule has 0 heterocycles. The first-order chi connectivity index (χ1) is 15.4. The van der Waals surface area contributed by atoms with E-state index in [-0.39, 0.29) is 24.9 Å². The molecule has 0 fully saturated rings. The summed E-state index contributed by atoms with van der Waals surface area (Å²) < 4.78 is 15.8. The van der Waals surface area contributed by atoms with E-state index < -0.39 is 5.97 Å². The monoisotopic (exact) mass is 439 g/mol. The second kappa shape index (κ2) is 12.9. The van der Waals surface area contributed by atoms with Crippen molar-refractivity contribution in [1.82, 2.24) is 5.32 Å². The Morgan fingerprint density at radius 1 is 1.00 bits per heavy atom. The second-order valence-electron chi connectivity index (χ2n) is 7.07. The fraction of sp³-hybridized carbons (Fsp3) is 0.320. The van der Waals surface area contributed by atoms with Crippen LogP contribution in [0.1, 0.15) is 41.8 Å². The topological polar surface area (TPSA) is 90.9 Å². The fourth-order valence-corrected chi connectivity index (χ4v) is 2.92. The van der Waals surface area contributed by atoms with Crippen LogP contribution in [-0.4, -0.2) is 44.5 Å². The van der Waals surface area contributed by atoms with Gasteiger partial charge >= 0.3 is 5.97 Å². The van der Waals surface area contributed by atoms with Crippen LogP contribution in [0.2, 0.25) is 0 Å². The Morgan fingerprint density at radius 3 is 2.41 bits per heavy atom. The Balaban J connectivity index is 1.78. The average Bonchev–Trinajstić information content (AvgIpc) is 2.79. The zero-order valence-corrected chi connectivity index (χ0v) is 18.7. The lowest BCUT2D eigenvalue weighted by molar-refractivity contribution is -0.144. The van der Waals surface area contributed by atoms with Gasteiger partial charge in [0.15, 0.2) is 30.5 Å². The average molecular weight is 440 g/mol. The summed E-state index contributed by atoms with van der Waals surface area (Å²) in [5.41, 5.74) is 2.47. The third kappa shape index (κ3) is 8.26. The summed E-state index contributed by atoms with van der Waals surface area (Å²) >= 11 is 0. The number of allylic oxidation sites excluding steroid dienone is 1. The number of amides is 1. The van der Waals surface area contributed by atoms with E-state index in [4.69, 9.17) is 14.2 Å². The van der Waals surface area contributed by atoms with Crippen molar-refractivity contribution >= 4 is 23.7 Å². The van der Waals surface area contributed by atoms with Crippen molar-refractivity contribution in [3.8, 4) is 11.5 Å². The maximum atomic E-state index is 12.3. The molecule has 7 nitrogen and oxygen atoms in total. The van der Waals surface area contributed by atoms with Crippen LogP contribution in [0.5, 0.6) is 11.5 Å². The van der Waals surface area contributed by atoms with E-state index in [0.29, 0.717) is 23.6 Å². The molecule has 0 aliphatic rings. The first-order valence-corrected chi connectivity index (χ1v) is 10.4. The third-order valence-electron chi connectivity index (χ3n) is 4.55. The fourth-order valence-electron chi connectivity index (χ4n) is 2.92. The quantitative estimate of drug-likeness (QED) is 0.309. The van der Waals surface area contributed by atoms with Crippen molar-refractivity contribution in [2.75, 3.05) is 26.9 Å². The summed E-state index contributed by atoms with van der Waals surface area (Å²) in [6, 6.07) is 12.5. The molecule has 2 aromatic carbocycles. The molecule has 0 bridgehead atoms. The Hall–Kier alpha value is -3.61. The maximum absolute atomic E-state index is 12.3. The highest BCUT2D eigenvalue weighted by molar-refractivity contribution is 5.98. The van der Waals surface area contributed by atoms with Crippen molar-refractivity contribution < 1.29 is 28.6 Å². The molecule has 0 aliphatic carbocycles. The van der Waals surface area contributed by atoms with Gasteiger partial charge in [-0.2, -0.15) is 0 Å². The minimum Gasteiger partial charge on any atom is -0.493 e. The highest BCUT2D eigenvalue weighted by Crippen LogP contribution is 2.28. The lowest BCUT2D eigenvalue weighted by Crippen LogP contribution is -2.21. The van der Waals surface area contributed by atoms with Crippen LogP contribution in [0.3, 0.4) is 0 Å². The van der Waals surface area contributed by atoms with Crippen LogP contribution in [0, 0.1) is 0 Å². The Morgan fingerprint density at radius 2 is 1.75 bits per heavy atom. The molecule has 0 spiro atoms. The smallest absolute Gasteiger partial charge is 0.344 e. The first-order valence-electron chi connectivity index (χ1n) is 10.4. The molecule has 0 saturated heterocycles. The number of ketones is 1. The Bertz CT molecular complexity index is 949. The highest BCUT2D eigenvalue weighted by Gasteiger charge is 2.12. The Kier molecular flexibility index (Phi) is 9.97. The number of Topliss-reactive ketones (excluding diaryl/α,β-unsaturated/α-hetero) is 1. The molecule has 0 aliphatic heterocycles. The maximum Gasteiger partial charge on any atom is 0.344 e. The van der Waals surface area contributed by atoms with Gasteiger partial charge in [-0.3, -0.25) is 9.59 Å². The molecule has 2 aromatic rings. The van der Waals surface area contributed by atoms with Gasteiger partial charge in [-0.15, -0.1) is 0 Å². The van der Waals surface area contributed by atoms with Crippen LogP contribution < -0.4 is 14.8 Å². The molecule has 0 radical (unpaired) electrons. The van der Waals surface area contributed by atoms with E-state index in [1.54, 1.807) is 24.3 Å². The summed E-state index contributed by atoms with van der Waals surface area (Å²) in [4.78, 5) is 35.1. The van der Waals surface area contributed by atoms with Gasteiger partial charge in [-0.25, -0.2) is 4.79 Å². The summed E-state index contributed by atoms with van der Waals surface area (Å²) in [6.07, 6.45) is 5.43. The minimum atomic E-state index is -0.646. The Labute approximate surface area is 188 Å². The highest BCUT2D eigenvalue weighted by atomic mass is 16.6. The SMILES string of the molecule is C/C=C/c1ccc(OCC(=O)OCC(=O)c2ccc(CCCNC(C)=O)cc2)c(OC)c1. The van der Waals surface area contributed by atoms with Gasteiger partial charge in [0.1, 0.15) is 0 Å². The van der Waals surface area contributed by atoms with Crippen molar-refractivity contribution in [2.24, 2.45) is 0 Å². The molecule has 1 amide bonds. The number of carbonyl (C=O) groups excluding carboxylic acids is 3. The zero-order valence-electron chi connectivity index (χ0n) is 18.7. The van der Waals surface area contributed by atoms with E-state index in [2.05, 4.69) is 5.32 Å². The molecular weight excluding hydrogens is 410 g/mol. The number of hydrogen-bond donors (Lipinski definition) is 1. The second-order valence-corrected chi connectivity index (χ2v) is 7.07. The zero-order chi connectivity index (χ0) is 23.3. The van der Waals surface area contributed by atoms with Crippen molar-refractivity contribution in [3.05, 3.63) is 65.2 Å². The summed E-state index contributed by atoms with van der Waals surface area (Å²) in [6.45, 7) is 3.32. The molecule has 32 heavy (non-hydrogen) atoms. The third-order valence-corrected chi connectivity index (χ3v) is 4.55. The predicted molar refractivity (Wildman–Crippen MR) is 122 cm³/mol. The molecule has 7 heteroatoms. The van der Waals surface area contributed by atoms with E-state index in [0.717, 1.165) is 24.0 Å². The normalized spacial score (nSPS) is 10.6. The van der Waals surface area contributed by atoms with Crippen molar-refractivity contribution in [1.29, 1.82) is 0 Å². The number of rotatable bonds is 12. The minimum absolute atomic E-state index is 0.0488. The largest absolute Gasteiger partial charge is 0.493 e. The summed E-state index contributed by atoms with van der Waals surface area (Å²) in [5, 5.41) is 2.75. The predicted octanol–water partition coefficient (Wildman–Crippen LogP) is 3.60. The lowest BCUT2D eigenvalue weighted by Gasteiger charge is -2.11. The number of methoxy groups -OCH3 is 1. The van der Waals surface area contributed by atoms with Crippen LogP contribution in [-0.2, 0) is 20.7 Å². The van der Waals surface area contributed by atoms with Gasteiger partial charge in [0.2, 0.25) is 5.91 Å². The molecule has 2 rings (SSSR count). The van der Waals surface area contributed by atoms with Gasteiger partial charge in [-0.1, -0.05) is 42.5 Å². The molecule has 0 unspecified atom stereocenters. The van der Waals surface area contributed by atoms with Gasteiger partial charge in [0, 0.05) is 19.0 Å². The molecular formula is C25H29NO6. The summed E-state index contributed by atoms with van der Waals surface area (Å²) in [5.74, 6) is -0.0731. The van der Waals surface area contributed by atoms with Gasteiger partial charge in [-0.05, 0) is 43.0 Å². The van der Waals surface area contributed by atoms with E-state index in [1.165, 1.54) is 14.0 Å². The van der Waals surface area contributed by atoms with Gasteiger partial charge < -0.3 is 19.5 Å². The number of benzene rings is 2. The number of aryl methyl sites for hydroxylation is 1. The molecule has 0 saturated carbocycles. The van der Waals surface area contributed by atoms with Crippen LogP contribution >= 0.6 is 0 Å². The van der Waals surface area contributed by atoms with E-state index in [9.17, 15) is 14.4 Å². The van der Waals surface area contributed by atoms with Gasteiger partial charge in [0.25, 0.3) is 0 Å². The van der Waals surface area contributed by atoms with Crippen molar-refractivity contribution in [3.63, 3.8) is 0 Å². The van der Waals surface area contributed by atoms with Crippen LogP contribution in [0.25, 0.3) is 6.08 Å². The number of esters is 1. The van der Waals surface area contributed by atoms with Crippen LogP contribution in [0.15, 0.2) is 48.5 Å². The number of carbonyl (C=O) groups is 3. The van der Waals surface area contributed by atoms with Crippen LogP contribution in [0.4, 0.5) is 0 Å². The standard InChI is InChI=1S/C25H29NO6/c1-4-6-20-10-13-23(24(15-20)30-3)31-17-25(29)32-16-22(28)21-11-8-19(9-12-21)7-5-14-26-18(2)27/h4,6,8-13,15H,5,7,14,16-17H2,1-3H3,(H,26,27)/b6-4+. The number of ether oxygens (including phenoxy) is 3. The van der Waals surface area contributed by atoms with Crippen molar-refractivity contribution in [2.45, 2.75) is 26.7 Å². The molecule has 1 N–H and O–H groups in total. The lowest BCUT2D eigenvalue weighted by atomic mass is 10.1. The number of hydrogen-bond acceptors (Lipinski definition) is 6. The summed E-state index contributed by atoms with van der Waals surface area (Å²) in [7, 11) is 1.52. The number of nitrogens with one attached hydrogen (secondary N) is 1. The molecule has 0 atom stereocenters.